The van der Waals surface area contributed by atoms with Gasteiger partial charge in [-0.1, -0.05) is 18.2 Å². The van der Waals surface area contributed by atoms with Crippen LogP contribution in [0.15, 0.2) is 45.1 Å². The van der Waals surface area contributed by atoms with Crippen molar-refractivity contribution in [3.8, 4) is 0 Å². The van der Waals surface area contributed by atoms with Gasteiger partial charge in [-0.15, -0.1) is 11.3 Å². The summed E-state index contributed by atoms with van der Waals surface area (Å²) in [5.41, 5.74) is 6.16. The van der Waals surface area contributed by atoms with Crippen LogP contribution in [-0.2, 0) is 16.6 Å². The highest BCUT2D eigenvalue weighted by molar-refractivity contribution is 9.11. The summed E-state index contributed by atoms with van der Waals surface area (Å²) in [4.78, 5) is 1.08. The molecule has 0 fully saturated rings. The van der Waals surface area contributed by atoms with Crippen LogP contribution < -0.4 is 10.0 Å². The van der Waals surface area contributed by atoms with Gasteiger partial charge in [0.1, 0.15) is 4.90 Å². The van der Waals surface area contributed by atoms with Crippen molar-refractivity contribution in [2.75, 3.05) is 11.4 Å². The second-order valence-electron chi connectivity index (χ2n) is 3.86. The fourth-order valence-electron chi connectivity index (χ4n) is 1.60. The van der Waals surface area contributed by atoms with Crippen molar-refractivity contribution in [2.24, 2.45) is 5.73 Å². The van der Waals surface area contributed by atoms with Gasteiger partial charge < -0.3 is 5.73 Å². The number of para-hydroxylation sites is 1. The molecule has 1 aromatic heterocycles. The second kappa shape index (κ2) is 5.62. The molecule has 1 heterocycles. The molecule has 0 atom stereocenters. The molecule has 0 aliphatic carbocycles. The number of hydrogen-bond donors (Lipinski definition) is 1. The lowest BCUT2D eigenvalue weighted by Gasteiger charge is -2.18. The molecule has 0 radical (unpaired) electrons. The van der Waals surface area contributed by atoms with E-state index in [1.165, 1.54) is 22.7 Å². The number of sulfonamides is 1. The Balaban J connectivity index is 2.45. The van der Waals surface area contributed by atoms with Gasteiger partial charge in [-0.25, -0.2) is 8.42 Å². The summed E-state index contributed by atoms with van der Waals surface area (Å²) < 4.78 is 26.9. The summed E-state index contributed by atoms with van der Waals surface area (Å²) in [5.74, 6) is 0. The molecular weight excluding hydrogens is 348 g/mol. The van der Waals surface area contributed by atoms with Crippen LogP contribution in [-0.4, -0.2) is 15.5 Å². The highest BCUT2D eigenvalue weighted by atomic mass is 79.9. The Labute approximate surface area is 125 Å². The molecule has 0 saturated heterocycles. The van der Waals surface area contributed by atoms with Gasteiger partial charge in [0.25, 0.3) is 10.0 Å². The molecule has 2 N–H and O–H groups in total. The average Bonchev–Trinajstić information content (AvgIpc) is 2.81. The third-order valence-corrected chi connectivity index (χ3v) is 6.73. The van der Waals surface area contributed by atoms with Crippen molar-refractivity contribution >= 4 is 43.0 Å². The monoisotopic (exact) mass is 360 g/mol. The van der Waals surface area contributed by atoms with Gasteiger partial charge in [0, 0.05) is 18.5 Å². The minimum Gasteiger partial charge on any atom is -0.326 e. The van der Waals surface area contributed by atoms with E-state index in [9.17, 15) is 8.42 Å². The van der Waals surface area contributed by atoms with E-state index in [0.717, 1.165) is 4.88 Å². The molecule has 2 aromatic rings. The summed E-state index contributed by atoms with van der Waals surface area (Å²) in [6, 6.07) is 10.6. The fraction of sp³-hybridized carbons (Fsp3) is 0.167. The number of nitrogens with zero attached hydrogens (tertiary/aromatic N) is 1. The predicted octanol–water partition coefficient (Wildman–Crippen LogP) is 2.79. The lowest BCUT2D eigenvalue weighted by atomic mass is 10.3. The standard InChI is InChI=1S/C12H13BrN2O2S2/c1-15(9-5-3-2-4-6-9)19(16,17)11-7-10(8-14)18-12(11)13/h2-7H,8,14H2,1H3. The van der Waals surface area contributed by atoms with E-state index < -0.39 is 10.0 Å². The molecule has 19 heavy (non-hydrogen) atoms. The van der Waals surface area contributed by atoms with Crippen LogP contribution in [0, 0.1) is 0 Å². The van der Waals surface area contributed by atoms with Crippen LogP contribution in [0.4, 0.5) is 5.69 Å². The van der Waals surface area contributed by atoms with Crippen molar-refractivity contribution in [1.29, 1.82) is 0 Å². The van der Waals surface area contributed by atoms with Crippen LogP contribution in [0.3, 0.4) is 0 Å². The number of nitrogens with two attached hydrogens (primary N) is 1. The third kappa shape index (κ3) is 2.84. The van der Waals surface area contributed by atoms with Gasteiger partial charge in [0.05, 0.1) is 9.47 Å². The Morgan fingerprint density at radius 2 is 1.95 bits per heavy atom. The van der Waals surface area contributed by atoms with Crippen molar-refractivity contribution in [2.45, 2.75) is 11.4 Å². The Morgan fingerprint density at radius 1 is 1.32 bits per heavy atom. The zero-order chi connectivity index (χ0) is 14.0. The predicted molar refractivity (Wildman–Crippen MR) is 81.9 cm³/mol. The van der Waals surface area contributed by atoms with Crippen LogP contribution >= 0.6 is 27.3 Å². The van der Waals surface area contributed by atoms with Gasteiger partial charge in [-0.3, -0.25) is 4.31 Å². The molecule has 0 spiro atoms. The topological polar surface area (TPSA) is 63.4 Å². The quantitative estimate of drug-likeness (QED) is 0.911. The van der Waals surface area contributed by atoms with E-state index in [1.54, 1.807) is 30.3 Å². The highest BCUT2D eigenvalue weighted by Crippen LogP contribution is 2.34. The van der Waals surface area contributed by atoms with Crippen LogP contribution in [0.1, 0.15) is 4.88 Å². The summed E-state index contributed by atoms with van der Waals surface area (Å²) in [5, 5.41) is 0. The molecule has 0 unspecified atom stereocenters. The molecule has 0 saturated carbocycles. The summed E-state index contributed by atoms with van der Waals surface area (Å²) >= 11 is 4.63. The maximum atomic E-state index is 12.5. The zero-order valence-corrected chi connectivity index (χ0v) is 13.4. The average molecular weight is 361 g/mol. The summed E-state index contributed by atoms with van der Waals surface area (Å²) in [6.07, 6.45) is 0. The SMILES string of the molecule is CN(c1ccccc1)S(=O)(=O)c1cc(CN)sc1Br. The van der Waals surface area contributed by atoms with E-state index in [-0.39, 0.29) is 4.90 Å². The van der Waals surface area contributed by atoms with Crippen LogP contribution in [0.5, 0.6) is 0 Å². The van der Waals surface area contributed by atoms with E-state index >= 15 is 0 Å². The number of anilines is 1. The van der Waals surface area contributed by atoms with E-state index in [0.29, 0.717) is 16.0 Å². The van der Waals surface area contributed by atoms with E-state index in [1.807, 2.05) is 6.07 Å². The van der Waals surface area contributed by atoms with Crippen molar-refractivity contribution < 1.29 is 8.42 Å². The molecule has 0 aliphatic heterocycles. The second-order valence-corrected chi connectivity index (χ2v) is 8.26. The summed E-state index contributed by atoms with van der Waals surface area (Å²) in [6.45, 7) is 0.327. The maximum Gasteiger partial charge on any atom is 0.266 e. The zero-order valence-electron chi connectivity index (χ0n) is 10.2. The third-order valence-electron chi connectivity index (χ3n) is 2.67. The molecule has 7 heteroatoms. The number of rotatable bonds is 4. The van der Waals surface area contributed by atoms with Gasteiger partial charge in [0.15, 0.2) is 0 Å². The molecule has 0 amide bonds. The Kier molecular flexibility index (Phi) is 4.29. The molecular formula is C12H13BrN2O2S2. The molecule has 0 aliphatic rings. The Bertz CT molecular complexity index is 668. The first-order valence-corrected chi connectivity index (χ1v) is 8.54. The van der Waals surface area contributed by atoms with Gasteiger partial charge in [-0.05, 0) is 34.1 Å². The number of halogens is 1. The maximum absolute atomic E-state index is 12.5. The first kappa shape index (κ1) is 14.5. The molecule has 102 valence electrons. The van der Waals surface area contributed by atoms with Crippen molar-refractivity contribution in [1.82, 2.24) is 0 Å². The van der Waals surface area contributed by atoms with Gasteiger partial charge in [0.2, 0.25) is 0 Å². The fourth-order valence-corrected chi connectivity index (χ4v) is 5.30. The lowest BCUT2D eigenvalue weighted by molar-refractivity contribution is 0.594. The van der Waals surface area contributed by atoms with E-state index in [2.05, 4.69) is 15.9 Å². The number of hydrogen-bond acceptors (Lipinski definition) is 4. The smallest absolute Gasteiger partial charge is 0.266 e. The number of benzene rings is 1. The largest absolute Gasteiger partial charge is 0.326 e. The molecule has 0 bridgehead atoms. The minimum absolute atomic E-state index is 0.254. The minimum atomic E-state index is -3.57. The first-order chi connectivity index (χ1) is 8.96. The van der Waals surface area contributed by atoms with Crippen LogP contribution in [0.25, 0.3) is 0 Å². The van der Waals surface area contributed by atoms with Crippen LogP contribution in [0.2, 0.25) is 0 Å². The molecule has 4 nitrogen and oxygen atoms in total. The Morgan fingerprint density at radius 3 is 2.47 bits per heavy atom. The normalized spacial score (nSPS) is 11.5. The molecule has 2 rings (SSSR count). The van der Waals surface area contributed by atoms with E-state index in [4.69, 9.17) is 5.73 Å². The summed E-state index contributed by atoms with van der Waals surface area (Å²) in [7, 11) is -2.03. The van der Waals surface area contributed by atoms with Crippen molar-refractivity contribution in [3.05, 3.63) is 45.1 Å². The molecule has 1 aromatic carbocycles. The highest BCUT2D eigenvalue weighted by Gasteiger charge is 2.25. The number of thiophene rings is 1. The Hall–Kier alpha value is -0.890. The van der Waals surface area contributed by atoms with Gasteiger partial charge >= 0.3 is 0 Å². The lowest BCUT2D eigenvalue weighted by Crippen LogP contribution is -2.26. The van der Waals surface area contributed by atoms with Gasteiger partial charge in [-0.2, -0.15) is 0 Å². The van der Waals surface area contributed by atoms with Crippen molar-refractivity contribution in [3.63, 3.8) is 0 Å². The first-order valence-electron chi connectivity index (χ1n) is 5.49.